The maximum Gasteiger partial charge on any atom is 0.417 e. The van der Waals surface area contributed by atoms with Gasteiger partial charge in [-0.3, -0.25) is 0 Å². The minimum absolute atomic E-state index is 0.0248. The van der Waals surface area contributed by atoms with Crippen LogP contribution in [0.15, 0.2) is 12.1 Å². The smallest absolute Gasteiger partial charge is 0.417 e. The van der Waals surface area contributed by atoms with E-state index in [4.69, 9.17) is 5.11 Å². The van der Waals surface area contributed by atoms with Gasteiger partial charge in [-0.05, 0) is 12.1 Å². The molecule has 11 heteroatoms. The Morgan fingerprint density at radius 1 is 1.00 bits per heavy atom. The molecule has 0 saturated carbocycles. The van der Waals surface area contributed by atoms with Crippen molar-refractivity contribution in [2.45, 2.75) is 18.4 Å². The zero-order valence-corrected chi connectivity index (χ0v) is 9.61. The average molecular weight is 323 g/mol. The largest absolute Gasteiger partial charge is 0.477 e. The molecule has 118 valence electrons. The number of hydrogen-bond donors (Lipinski definition) is 2. The van der Waals surface area contributed by atoms with E-state index in [0.29, 0.717) is 0 Å². The Hall–Kier alpha value is -2.07. The molecule has 0 heterocycles. The van der Waals surface area contributed by atoms with Gasteiger partial charge in [-0.2, -0.15) is 26.3 Å². The molecule has 0 aliphatic rings. The normalized spacial score (nSPS) is 12.6. The molecule has 0 saturated heterocycles. The Morgan fingerprint density at radius 3 is 1.67 bits per heavy atom. The Kier molecular flexibility index (Phi) is 4.34. The van der Waals surface area contributed by atoms with Gasteiger partial charge in [0.25, 0.3) is 0 Å². The number of carbonyl (C=O) groups is 1. The van der Waals surface area contributed by atoms with Gasteiger partial charge in [0.05, 0.1) is 0 Å². The van der Waals surface area contributed by atoms with Crippen LogP contribution in [0, 0.1) is 11.6 Å². The van der Waals surface area contributed by atoms with Crippen LogP contribution in [0.5, 0.6) is 0 Å². The lowest BCUT2D eigenvalue weighted by molar-refractivity contribution is -0.242. The number of carboxylic acids is 1. The quantitative estimate of drug-likeness (QED) is 0.836. The monoisotopic (exact) mass is 323 g/mol. The van der Waals surface area contributed by atoms with Crippen LogP contribution >= 0.6 is 0 Å². The van der Waals surface area contributed by atoms with E-state index in [1.807, 2.05) is 0 Å². The summed E-state index contributed by atoms with van der Waals surface area (Å²) in [6, 6.07) is -4.01. The molecule has 0 aliphatic carbocycles. The Labute approximate surface area is 111 Å². The topological polar surface area (TPSA) is 49.3 Å². The highest BCUT2D eigenvalue weighted by molar-refractivity contribution is 5.88. The summed E-state index contributed by atoms with van der Waals surface area (Å²) in [7, 11) is 0. The van der Waals surface area contributed by atoms with Crippen molar-refractivity contribution < 1.29 is 45.0 Å². The molecular formula is C10H5F8NO2. The summed E-state index contributed by atoms with van der Waals surface area (Å²) in [6.45, 7) is 0. The molecule has 0 fully saturated rings. The average Bonchev–Trinajstić information content (AvgIpc) is 2.21. The predicted molar refractivity (Wildman–Crippen MR) is 52.8 cm³/mol. The van der Waals surface area contributed by atoms with Gasteiger partial charge in [0.15, 0.2) is 0 Å². The van der Waals surface area contributed by atoms with E-state index in [9.17, 15) is 39.9 Å². The minimum Gasteiger partial charge on any atom is -0.477 e. The summed E-state index contributed by atoms with van der Waals surface area (Å²) >= 11 is 0. The van der Waals surface area contributed by atoms with Gasteiger partial charge in [0, 0.05) is 5.69 Å². The van der Waals surface area contributed by atoms with Crippen molar-refractivity contribution in [2.75, 3.05) is 5.32 Å². The molecular weight excluding hydrogens is 318 g/mol. The number of hydrogen-bond acceptors (Lipinski definition) is 2. The van der Waals surface area contributed by atoms with Crippen LogP contribution in [0.1, 0.15) is 10.4 Å². The van der Waals surface area contributed by atoms with Gasteiger partial charge in [0.2, 0.25) is 6.04 Å². The maximum absolute atomic E-state index is 13.2. The van der Waals surface area contributed by atoms with Crippen molar-refractivity contribution in [3.05, 3.63) is 29.3 Å². The minimum atomic E-state index is -5.77. The SMILES string of the molecule is O=C(O)c1c(F)cc(NC(C(F)(F)F)C(F)(F)F)cc1F. The summed E-state index contributed by atoms with van der Waals surface area (Å²) in [5.74, 6) is -5.68. The molecule has 0 radical (unpaired) electrons. The standard InChI is InChI=1S/C10H5F8NO2/c11-4-1-3(2-5(12)6(4)7(20)21)19-8(9(13,14)15)10(16,17)18/h1-2,8,19H,(H,20,21). The lowest BCUT2D eigenvalue weighted by atomic mass is 10.1. The van der Waals surface area contributed by atoms with Crippen molar-refractivity contribution >= 4 is 11.7 Å². The fourth-order valence-corrected chi connectivity index (χ4v) is 1.38. The van der Waals surface area contributed by atoms with Crippen LogP contribution < -0.4 is 5.32 Å². The van der Waals surface area contributed by atoms with Crippen molar-refractivity contribution in [3.63, 3.8) is 0 Å². The second-order valence-electron chi connectivity index (χ2n) is 3.78. The Balaban J connectivity index is 3.21. The number of carboxylic acid groups (broad SMARTS) is 1. The molecule has 0 aromatic heterocycles. The first kappa shape index (κ1) is 17.0. The van der Waals surface area contributed by atoms with Gasteiger partial charge in [-0.25, -0.2) is 13.6 Å². The Morgan fingerprint density at radius 2 is 1.38 bits per heavy atom. The summed E-state index contributed by atoms with van der Waals surface area (Å²) < 4.78 is 99.8. The van der Waals surface area contributed by atoms with Crippen LogP contribution in [0.2, 0.25) is 0 Å². The molecule has 1 aromatic rings. The fraction of sp³-hybridized carbons (Fsp3) is 0.300. The number of rotatable bonds is 3. The fourth-order valence-electron chi connectivity index (χ4n) is 1.38. The number of benzene rings is 1. The second kappa shape index (κ2) is 5.37. The molecule has 0 unspecified atom stereocenters. The number of alkyl halides is 6. The first-order chi connectivity index (χ1) is 9.34. The van der Waals surface area contributed by atoms with Gasteiger partial charge in [-0.15, -0.1) is 0 Å². The van der Waals surface area contributed by atoms with E-state index >= 15 is 0 Å². The third kappa shape index (κ3) is 3.95. The molecule has 0 aliphatic heterocycles. The van der Waals surface area contributed by atoms with Crippen LogP contribution in [0.25, 0.3) is 0 Å². The van der Waals surface area contributed by atoms with E-state index in [-0.39, 0.29) is 12.1 Å². The Bertz CT molecular complexity index is 514. The van der Waals surface area contributed by atoms with Crippen molar-refractivity contribution in [1.82, 2.24) is 0 Å². The van der Waals surface area contributed by atoms with Crippen molar-refractivity contribution in [3.8, 4) is 0 Å². The predicted octanol–water partition coefficient (Wildman–Crippen LogP) is 3.57. The summed E-state index contributed by atoms with van der Waals surface area (Å²) in [5, 5.41) is 9.30. The first-order valence-corrected chi connectivity index (χ1v) is 4.96. The lowest BCUT2D eigenvalue weighted by Gasteiger charge is -2.25. The van der Waals surface area contributed by atoms with Crippen molar-refractivity contribution in [1.29, 1.82) is 0 Å². The van der Waals surface area contributed by atoms with Crippen LogP contribution in [-0.4, -0.2) is 29.5 Å². The highest BCUT2D eigenvalue weighted by Crippen LogP contribution is 2.36. The number of aromatic carboxylic acids is 1. The molecule has 2 N–H and O–H groups in total. The molecule has 0 bridgehead atoms. The maximum atomic E-state index is 13.2. The second-order valence-corrected chi connectivity index (χ2v) is 3.78. The highest BCUT2D eigenvalue weighted by Gasteiger charge is 2.56. The zero-order chi connectivity index (χ0) is 16.6. The van der Waals surface area contributed by atoms with Crippen LogP contribution in [-0.2, 0) is 0 Å². The van der Waals surface area contributed by atoms with Gasteiger partial charge >= 0.3 is 18.3 Å². The number of halogens is 8. The van der Waals surface area contributed by atoms with E-state index in [1.54, 1.807) is 0 Å². The molecule has 3 nitrogen and oxygen atoms in total. The molecule has 1 aromatic carbocycles. The number of anilines is 1. The summed E-state index contributed by atoms with van der Waals surface area (Å²) in [6.07, 6.45) is -11.5. The van der Waals surface area contributed by atoms with Crippen LogP contribution in [0.3, 0.4) is 0 Å². The molecule has 0 amide bonds. The third-order valence-electron chi connectivity index (χ3n) is 2.22. The zero-order valence-electron chi connectivity index (χ0n) is 9.61. The van der Waals surface area contributed by atoms with Gasteiger partial charge in [-0.1, -0.05) is 0 Å². The van der Waals surface area contributed by atoms with E-state index < -0.39 is 47.2 Å². The summed E-state index contributed by atoms with van der Waals surface area (Å²) in [4.78, 5) is 10.4. The van der Waals surface area contributed by atoms with Crippen molar-refractivity contribution in [2.24, 2.45) is 0 Å². The molecule has 21 heavy (non-hydrogen) atoms. The van der Waals surface area contributed by atoms with Gasteiger partial charge in [0.1, 0.15) is 17.2 Å². The highest BCUT2D eigenvalue weighted by atomic mass is 19.4. The van der Waals surface area contributed by atoms with E-state index in [2.05, 4.69) is 0 Å². The lowest BCUT2D eigenvalue weighted by Crippen LogP contribution is -2.48. The number of nitrogens with one attached hydrogen (secondary N) is 1. The first-order valence-electron chi connectivity index (χ1n) is 4.96. The molecule has 0 atom stereocenters. The van der Waals surface area contributed by atoms with Crippen LogP contribution in [0.4, 0.5) is 40.8 Å². The molecule has 1 rings (SSSR count). The van der Waals surface area contributed by atoms with E-state index in [0.717, 1.165) is 5.32 Å². The molecule has 0 spiro atoms. The third-order valence-corrected chi connectivity index (χ3v) is 2.22. The van der Waals surface area contributed by atoms with Gasteiger partial charge < -0.3 is 10.4 Å². The van der Waals surface area contributed by atoms with E-state index in [1.165, 1.54) is 0 Å². The summed E-state index contributed by atoms with van der Waals surface area (Å²) in [5.41, 5.74) is -2.69.